The lowest BCUT2D eigenvalue weighted by Crippen LogP contribution is -2.50. The first kappa shape index (κ1) is 14.9. The van der Waals surface area contributed by atoms with E-state index < -0.39 is 10.2 Å². The Bertz CT molecular complexity index is 313. The highest BCUT2D eigenvalue weighted by molar-refractivity contribution is 7.86. The summed E-state index contributed by atoms with van der Waals surface area (Å²) in [7, 11) is -3.31. The second-order valence-electron chi connectivity index (χ2n) is 4.65. The smallest absolute Gasteiger partial charge is 0.282 e. The summed E-state index contributed by atoms with van der Waals surface area (Å²) in [5, 5.41) is 0. The predicted octanol–water partition coefficient (Wildman–Crippen LogP) is 0.776. The van der Waals surface area contributed by atoms with Crippen molar-refractivity contribution in [2.24, 2.45) is 5.73 Å². The van der Waals surface area contributed by atoms with Gasteiger partial charge < -0.3 is 5.73 Å². The Balaban J connectivity index is 2.81. The molecule has 0 spiro atoms. The van der Waals surface area contributed by atoms with Gasteiger partial charge in [-0.25, -0.2) is 0 Å². The van der Waals surface area contributed by atoms with Gasteiger partial charge in [-0.05, 0) is 26.2 Å². The van der Waals surface area contributed by atoms with Crippen molar-refractivity contribution in [3.8, 4) is 0 Å². The Morgan fingerprint density at radius 2 is 2.06 bits per heavy atom. The second kappa shape index (κ2) is 6.68. The van der Waals surface area contributed by atoms with Gasteiger partial charge in [-0.1, -0.05) is 13.3 Å². The Kier molecular flexibility index (Phi) is 5.85. The van der Waals surface area contributed by atoms with Gasteiger partial charge in [0.05, 0.1) is 0 Å². The average molecular weight is 263 g/mol. The number of rotatable bonds is 6. The van der Waals surface area contributed by atoms with Gasteiger partial charge in [-0.2, -0.15) is 17.0 Å². The molecule has 1 aliphatic rings. The lowest BCUT2D eigenvalue weighted by molar-refractivity contribution is 0.244. The molecule has 0 radical (unpaired) electrons. The summed E-state index contributed by atoms with van der Waals surface area (Å²) < 4.78 is 28.1. The van der Waals surface area contributed by atoms with Crippen molar-refractivity contribution < 1.29 is 8.42 Å². The molecule has 1 atom stereocenters. The third-order valence-corrected chi connectivity index (χ3v) is 5.37. The van der Waals surface area contributed by atoms with Crippen LogP contribution in [-0.4, -0.2) is 49.2 Å². The summed E-state index contributed by atoms with van der Waals surface area (Å²) in [5.74, 6) is 0. The topological polar surface area (TPSA) is 66.6 Å². The molecule has 1 fully saturated rings. The van der Waals surface area contributed by atoms with Crippen LogP contribution < -0.4 is 5.73 Å². The van der Waals surface area contributed by atoms with Crippen molar-refractivity contribution in [3.63, 3.8) is 0 Å². The largest absolute Gasteiger partial charge is 0.329 e. The molecular weight excluding hydrogens is 238 g/mol. The Morgan fingerprint density at radius 3 is 2.59 bits per heavy atom. The molecule has 5 nitrogen and oxygen atoms in total. The average Bonchev–Trinajstić information content (AvgIpc) is 2.29. The highest BCUT2D eigenvalue weighted by atomic mass is 32.2. The van der Waals surface area contributed by atoms with Gasteiger partial charge in [-0.3, -0.25) is 0 Å². The minimum Gasteiger partial charge on any atom is -0.329 e. The third-order valence-electron chi connectivity index (χ3n) is 3.22. The van der Waals surface area contributed by atoms with Gasteiger partial charge >= 0.3 is 0 Å². The van der Waals surface area contributed by atoms with Gasteiger partial charge in [0.15, 0.2) is 0 Å². The van der Waals surface area contributed by atoms with E-state index in [-0.39, 0.29) is 6.04 Å². The molecule has 0 amide bonds. The normalized spacial score (nSPS) is 23.2. The van der Waals surface area contributed by atoms with E-state index in [0.29, 0.717) is 26.2 Å². The van der Waals surface area contributed by atoms with Crippen LogP contribution in [0.2, 0.25) is 0 Å². The highest BCUT2D eigenvalue weighted by Crippen LogP contribution is 2.22. The fourth-order valence-corrected chi connectivity index (χ4v) is 4.26. The Labute approximate surface area is 105 Å². The van der Waals surface area contributed by atoms with Crippen LogP contribution in [-0.2, 0) is 10.2 Å². The molecule has 2 N–H and O–H groups in total. The Hall–Kier alpha value is -0.170. The maximum Gasteiger partial charge on any atom is 0.282 e. The molecule has 1 saturated heterocycles. The lowest BCUT2D eigenvalue weighted by atomic mass is 10.1. The molecular formula is C11H25N3O2S. The highest BCUT2D eigenvalue weighted by Gasteiger charge is 2.33. The number of nitrogens with two attached hydrogens (primary N) is 1. The van der Waals surface area contributed by atoms with Gasteiger partial charge in [0.2, 0.25) is 0 Å². The molecule has 0 saturated carbocycles. The molecule has 0 aromatic carbocycles. The van der Waals surface area contributed by atoms with Crippen LogP contribution in [0.25, 0.3) is 0 Å². The van der Waals surface area contributed by atoms with Crippen molar-refractivity contribution in [1.29, 1.82) is 0 Å². The summed E-state index contributed by atoms with van der Waals surface area (Å²) in [4.78, 5) is 0. The minimum absolute atomic E-state index is 0.117. The minimum atomic E-state index is -3.31. The fourth-order valence-electron chi connectivity index (χ4n) is 2.30. The van der Waals surface area contributed by atoms with Gasteiger partial charge in [0, 0.05) is 32.2 Å². The van der Waals surface area contributed by atoms with E-state index in [1.54, 1.807) is 4.31 Å². The lowest BCUT2D eigenvalue weighted by Gasteiger charge is -2.36. The summed E-state index contributed by atoms with van der Waals surface area (Å²) in [6, 6.07) is 0.117. The van der Waals surface area contributed by atoms with E-state index in [9.17, 15) is 8.42 Å². The van der Waals surface area contributed by atoms with E-state index in [4.69, 9.17) is 5.73 Å². The first-order valence-corrected chi connectivity index (χ1v) is 7.90. The second-order valence-corrected chi connectivity index (χ2v) is 6.53. The van der Waals surface area contributed by atoms with Crippen molar-refractivity contribution in [1.82, 2.24) is 8.61 Å². The van der Waals surface area contributed by atoms with Crippen LogP contribution in [0.3, 0.4) is 0 Å². The SMILES string of the molecule is CCCN(CCN)S(=O)(=O)N1CCCCC1C. The first-order chi connectivity index (χ1) is 8.04. The maximum absolute atomic E-state index is 12.5. The van der Waals surface area contributed by atoms with Crippen molar-refractivity contribution in [3.05, 3.63) is 0 Å². The molecule has 0 aliphatic carbocycles. The molecule has 1 unspecified atom stereocenters. The first-order valence-electron chi connectivity index (χ1n) is 6.51. The molecule has 1 rings (SSSR count). The number of hydrogen-bond acceptors (Lipinski definition) is 3. The Morgan fingerprint density at radius 1 is 1.35 bits per heavy atom. The molecule has 0 aromatic heterocycles. The van der Waals surface area contributed by atoms with E-state index in [0.717, 1.165) is 25.7 Å². The van der Waals surface area contributed by atoms with E-state index in [1.807, 2.05) is 13.8 Å². The van der Waals surface area contributed by atoms with Crippen LogP contribution in [0.1, 0.15) is 39.5 Å². The number of nitrogens with zero attached hydrogens (tertiary/aromatic N) is 2. The summed E-state index contributed by atoms with van der Waals surface area (Å²) >= 11 is 0. The number of hydrogen-bond donors (Lipinski definition) is 1. The molecule has 102 valence electrons. The van der Waals surface area contributed by atoms with Crippen LogP contribution >= 0.6 is 0 Å². The third kappa shape index (κ3) is 3.64. The monoisotopic (exact) mass is 263 g/mol. The molecule has 1 heterocycles. The fraction of sp³-hybridized carbons (Fsp3) is 1.00. The van der Waals surface area contributed by atoms with Gasteiger partial charge in [-0.15, -0.1) is 0 Å². The standard InChI is InChI=1S/C11H25N3O2S/c1-3-8-13(10-7-12)17(15,16)14-9-5-4-6-11(14)2/h11H,3-10,12H2,1-2H3. The summed E-state index contributed by atoms with van der Waals surface area (Å²) in [6.45, 7) is 5.97. The van der Waals surface area contributed by atoms with E-state index >= 15 is 0 Å². The summed E-state index contributed by atoms with van der Waals surface area (Å²) in [5.41, 5.74) is 5.50. The summed E-state index contributed by atoms with van der Waals surface area (Å²) in [6.07, 6.45) is 3.87. The zero-order valence-electron chi connectivity index (χ0n) is 10.9. The maximum atomic E-state index is 12.5. The molecule has 6 heteroatoms. The molecule has 17 heavy (non-hydrogen) atoms. The molecule has 0 bridgehead atoms. The van der Waals surface area contributed by atoms with E-state index in [2.05, 4.69) is 0 Å². The quantitative estimate of drug-likeness (QED) is 0.770. The zero-order chi connectivity index (χ0) is 12.9. The van der Waals surface area contributed by atoms with Gasteiger partial charge in [0.1, 0.15) is 0 Å². The van der Waals surface area contributed by atoms with Crippen LogP contribution in [0.4, 0.5) is 0 Å². The number of piperidine rings is 1. The molecule has 1 aliphatic heterocycles. The van der Waals surface area contributed by atoms with Crippen LogP contribution in [0.5, 0.6) is 0 Å². The van der Waals surface area contributed by atoms with E-state index in [1.165, 1.54) is 4.31 Å². The van der Waals surface area contributed by atoms with Crippen LogP contribution in [0, 0.1) is 0 Å². The van der Waals surface area contributed by atoms with Crippen molar-refractivity contribution in [2.45, 2.75) is 45.6 Å². The van der Waals surface area contributed by atoms with Crippen molar-refractivity contribution in [2.75, 3.05) is 26.2 Å². The molecule has 0 aromatic rings. The predicted molar refractivity (Wildman–Crippen MR) is 69.9 cm³/mol. The zero-order valence-corrected chi connectivity index (χ0v) is 11.7. The van der Waals surface area contributed by atoms with Crippen molar-refractivity contribution >= 4 is 10.2 Å². The van der Waals surface area contributed by atoms with Gasteiger partial charge in [0.25, 0.3) is 10.2 Å². The van der Waals surface area contributed by atoms with Crippen LogP contribution in [0.15, 0.2) is 0 Å².